The number of H-pyrrole nitrogens is 1. The van der Waals surface area contributed by atoms with Crippen molar-refractivity contribution in [2.45, 2.75) is 18.9 Å². The number of halogens is 1. The van der Waals surface area contributed by atoms with Crippen molar-refractivity contribution in [2.24, 2.45) is 0 Å². The molecule has 0 spiro atoms. The maximum absolute atomic E-state index is 12.4. The molecule has 0 unspecified atom stereocenters. The number of nitrogens with zero attached hydrogens (tertiary/aromatic N) is 2. The third kappa shape index (κ3) is 2.18. The molecule has 0 fully saturated rings. The van der Waals surface area contributed by atoms with Crippen LogP contribution >= 0.6 is 15.9 Å². The molecular formula is C14H14BrN3O. The first kappa shape index (κ1) is 12.4. The average molecular weight is 320 g/mol. The molecular weight excluding hydrogens is 306 g/mol. The topological polar surface area (TPSA) is 49.0 Å². The van der Waals surface area contributed by atoms with E-state index in [-0.39, 0.29) is 11.9 Å². The quantitative estimate of drug-likeness (QED) is 0.924. The van der Waals surface area contributed by atoms with Crippen molar-refractivity contribution in [3.63, 3.8) is 0 Å². The largest absolute Gasteiger partial charge is 0.337 e. The van der Waals surface area contributed by atoms with Gasteiger partial charge in [0.1, 0.15) is 5.69 Å². The number of hydrogen-bond acceptors (Lipinski definition) is 2. The molecule has 0 saturated heterocycles. The molecule has 0 atom stereocenters. The van der Waals surface area contributed by atoms with Gasteiger partial charge in [-0.1, -0.05) is 24.3 Å². The predicted molar refractivity (Wildman–Crippen MR) is 76.0 cm³/mol. The van der Waals surface area contributed by atoms with Crippen LogP contribution in [0, 0.1) is 0 Å². The fourth-order valence-electron chi connectivity index (χ4n) is 2.57. The summed E-state index contributed by atoms with van der Waals surface area (Å²) in [4.78, 5) is 14.2. The van der Waals surface area contributed by atoms with Crippen molar-refractivity contribution in [1.29, 1.82) is 0 Å². The Morgan fingerprint density at radius 3 is 2.53 bits per heavy atom. The fourth-order valence-corrected chi connectivity index (χ4v) is 2.93. The summed E-state index contributed by atoms with van der Waals surface area (Å²) in [7, 11) is 1.85. The van der Waals surface area contributed by atoms with E-state index in [1.807, 2.05) is 7.05 Å². The summed E-state index contributed by atoms with van der Waals surface area (Å²) in [6, 6.07) is 8.60. The van der Waals surface area contributed by atoms with Crippen molar-refractivity contribution in [1.82, 2.24) is 15.1 Å². The minimum Gasteiger partial charge on any atom is -0.337 e. The molecule has 5 heteroatoms. The lowest BCUT2D eigenvalue weighted by Gasteiger charge is -2.23. The van der Waals surface area contributed by atoms with Gasteiger partial charge in [-0.05, 0) is 39.9 Å². The first-order valence-corrected chi connectivity index (χ1v) is 6.99. The number of nitrogens with one attached hydrogen (secondary N) is 1. The second-order valence-corrected chi connectivity index (χ2v) is 5.69. The number of carbonyl (C=O) groups excluding carboxylic acids is 1. The van der Waals surface area contributed by atoms with Gasteiger partial charge >= 0.3 is 0 Å². The SMILES string of the molecule is CN(C(=O)c1[nH]ncc1Br)C1Cc2ccccc2C1. The van der Waals surface area contributed by atoms with Gasteiger partial charge in [-0.15, -0.1) is 0 Å². The maximum atomic E-state index is 12.4. The minimum atomic E-state index is -0.0258. The van der Waals surface area contributed by atoms with E-state index in [1.54, 1.807) is 11.1 Å². The standard InChI is InChI=1S/C14H14BrN3O/c1-18(14(19)13-12(15)8-16-17-13)11-6-9-4-2-3-5-10(9)7-11/h2-5,8,11H,6-7H2,1H3,(H,16,17). The highest BCUT2D eigenvalue weighted by Gasteiger charge is 2.29. The molecule has 1 N–H and O–H groups in total. The van der Waals surface area contributed by atoms with E-state index in [0.717, 1.165) is 12.8 Å². The highest BCUT2D eigenvalue weighted by atomic mass is 79.9. The third-order valence-corrected chi connectivity index (χ3v) is 4.31. The van der Waals surface area contributed by atoms with E-state index in [1.165, 1.54) is 11.1 Å². The van der Waals surface area contributed by atoms with E-state index < -0.39 is 0 Å². The molecule has 3 rings (SSSR count). The average Bonchev–Trinajstić information content (AvgIpc) is 3.02. The number of benzene rings is 1. The number of aromatic nitrogens is 2. The van der Waals surface area contributed by atoms with Crippen molar-refractivity contribution in [3.05, 3.63) is 51.8 Å². The van der Waals surface area contributed by atoms with E-state index >= 15 is 0 Å². The Labute approximate surface area is 119 Å². The predicted octanol–water partition coefficient (Wildman–Crippen LogP) is 2.41. The van der Waals surface area contributed by atoms with Crippen LogP contribution < -0.4 is 0 Å². The number of likely N-dealkylation sites (N-methyl/N-ethyl adjacent to an activating group) is 1. The molecule has 1 aliphatic rings. The molecule has 0 saturated carbocycles. The van der Waals surface area contributed by atoms with Crippen LogP contribution in [0.1, 0.15) is 21.6 Å². The summed E-state index contributed by atoms with van der Waals surface area (Å²) in [6.45, 7) is 0. The van der Waals surface area contributed by atoms with Crippen molar-refractivity contribution >= 4 is 21.8 Å². The third-order valence-electron chi connectivity index (χ3n) is 3.70. The number of hydrogen-bond donors (Lipinski definition) is 1. The van der Waals surface area contributed by atoms with Gasteiger partial charge < -0.3 is 4.90 Å². The zero-order valence-corrected chi connectivity index (χ0v) is 12.1. The lowest BCUT2D eigenvalue weighted by atomic mass is 10.1. The normalized spacial score (nSPS) is 14.4. The zero-order chi connectivity index (χ0) is 13.4. The summed E-state index contributed by atoms with van der Waals surface area (Å²) in [5.41, 5.74) is 3.20. The van der Waals surface area contributed by atoms with Gasteiger partial charge in [-0.3, -0.25) is 9.89 Å². The van der Waals surface area contributed by atoms with Crippen LogP contribution in [0.15, 0.2) is 34.9 Å². The lowest BCUT2D eigenvalue weighted by molar-refractivity contribution is 0.0731. The number of amides is 1. The second kappa shape index (κ2) is 4.81. The Bertz CT molecular complexity index is 598. The van der Waals surface area contributed by atoms with Gasteiger partial charge in [0, 0.05) is 13.1 Å². The highest BCUT2D eigenvalue weighted by Crippen LogP contribution is 2.26. The van der Waals surface area contributed by atoms with Crippen LogP contribution in [-0.4, -0.2) is 34.1 Å². The van der Waals surface area contributed by atoms with Crippen LogP contribution in [0.2, 0.25) is 0 Å². The number of fused-ring (bicyclic) bond motifs is 1. The molecule has 1 heterocycles. The van der Waals surface area contributed by atoms with Gasteiger partial charge in [0.25, 0.3) is 5.91 Å². The summed E-state index contributed by atoms with van der Waals surface area (Å²) < 4.78 is 0.708. The van der Waals surface area contributed by atoms with Gasteiger partial charge in [-0.25, -0.2) is 0 Å². The van der Waals surface area contributed by atoms with Gasteiger partial charge in [-0.2, -0.15) is 5.10 Å². The van der Waals surface area contributed by atoms with Gasteiger partial charge in [0.15, 0.2) is 0 Å². The number of carbonyl (C=O) groups is 1. The Morgan fingerprint density at radius 1 is 1.37 bits per heavy atom. The van der Waals surface area contributed by atoms with Crippen molar-refractivity contribution in [2.75, 3.05) is 7.05 Å². The first-order chi connectivity index (χ1) is 9.16. The molecule has 98 valence electrons. The van der Waals surface area contributed by atoms with E-state index in [0.29, 0.717) is 10.2 Å². The molecule has 4 nitrogen and oxygen atoms in total. The Hall–Kier alpha value is -1.62. The van der Waals surface area contributed by atoms with E-state index in [4.69, 9.17) is 0 Å². The van der Waals surface area contributed by atoms with Crippen molar-refractivity contribution in [3.8, 4) is 0 Å². The van der Waals surface area contributed by atoms with Crippen LogP contribution in [0.25, 0.3) is 0 Å². The second-order valence-electron chi connectivity index (χ2n) is 4.84. The lowest BCUT2D eigenvalue weighted by Crippen LogP contribution is -2.37. The Morgan fingerprint density at radius 2 is 2.00 bits per heavy atom. The van der Waals surface area contributed by atoms with Crippen LogP contribution in [0.5, 0.6) is 0 Å². The molecule has 2 aromatic rings. The molecule has 1 aromatic heterocycles. The number of aromatic amines is 1. The highest BCUT2D eigenvalue weighted by molar-refractivity contribution is 9.10. The van der Waals surface area contributed by atoms with Gasteiger partial charge in [0.05, 0.1) is 10.7 Å². The molecule has 1 amide bonds. The fraction of sp³-hybridized carbons (Fsp3) is 0.286. The van der Waals surface area contributed by atoms with Gasteiger partial charge in [0.2, 0.25) is 0 Å². The van der Waals surface area contributed by atoms with Crippen molar-refractivity contribution < 1.29 is 4.79 Å². The molecule has 0 aliphatic heterocycles. The molecule has 1 aliphatic carbocycles. The summed E-state index contributed by atoms with van der Waals surface area (Å²) in [6.07, 6.45) is 3.44. The summed E-state index contributed by atoms with van der Waals surface area (Å²) in [5, 5.41) is 6.61. The Balaban J connectivity index is 1.78. The monoisotopic (exact) mass is 319 g/mol. The Kier molecular flexibility index (Phi) is 3.14. The van der Waals surface area contributed by atoms with Crippen LogP contribution in [0.4, 0.5) is 0 Å². The van der Waals surface area contributed by atoms with E-state index in [9.17, 15) is 4.79 Å². The molecule has 1 aromatic carbocycles. The molecule has 19 heavy (non-hydrogen) atoms. The van der Waals surface area contributed by atoms with E-state index in [2.05, 4.69) is 50.4 Å². The summed E-state index contributed by atoms with van der Waals surface area (Å²) >= 11 is 3.33. The molecule has 0 bridgehead atoms. The van der Waals surface area contributed by atoms with Crippen LogP contribution in [0.3, 0.4) is 0 Å². The summed E-state index contributed by atoms with van der Waals surface area (Å²) in [5.74, 6) is -0.0258. The first-order valence-electron chi connectivity index (χ1n) is 6.19. The smallest absolute Gasteiger partial charge is 0.273 e. The van der Waals surface area contributed by atoms with Crippen LogP contribution in [-0.2, 0) is 12.8 Å². The minimum absolute atomic E-state index is 0.0258. The zero-order valence-electron chi connectivity index (χ0n) is 10.6. The number of rotatable bonds is 2. The molecule has 0 radical (unpaired) electrons. The maximum Gasteiger partial charge on any atom is 0.273 e.